The monoisotopic (exact) mass is 282 g/mol. The van der Waals surface area contributed by atoms with Crippen LogP contribution in [0.2, 0.25) is 0 Å². The van der Waals surface area contributed by atoms with Gasteiger partial charge < -0.3 is 10.1 Å². The molecule has 1 N–H and O–H groups in total. The molecule has 1 saturated carbocycles. The van der Waals surface area contributed by atoms with Crippen LogP contribution in [0, 0.1) is 0 Å². The topological polar surface area (TPSA) is 34.2 Å². The Morgan fingerprint density at radius 1 is 1.42 bits per heavy atom. The van der Waals surface area contributed by atoms with E-state index in [1.165, 1.54) is 23.5 Å². The number of likely N-dealkylation sites (N-methyl/N-ethyl adjacent to an activating group) is 1. The van der Waals surface area contributed by atoms with E-state index in [1.807, 2.05) is 14.2 Å². The van der Waals surface area contributed by atoms with Gasteiger partial charge in [-0.15, -0.1) is 11.3 Å². The summed E-state index contributed by atoms with van der Waals surface area (Å²) in [6.07, 6.45) is 4.94. The minimum absolute atomic E-state index is 0.0961. The standard InChI is InChI=1S/C15H26N2OS/c1-14(2,3)11-10-19-13(17-11)15(16-4)9-7-6-8-12(15)18-5/h10,12,16H,6-9H2,1-5H3. The van der Waals surface area contributed by atoms with E-state index in [4.69, 9.17) is 9.72 Å². The van der Waals surface area contributed by atoms with Crippen molar-refractivity contribution in [3.05, 3.63) is 16.1 Å². The first kappa shape index (κ1) is 14.9. The highest BCUT2D eigenvalue weighted by Gasteiger charge is 2.44. The number of hydrogen-bond acceptors (Lipinski definition) is 4. The Bertz CT molecular complexity index is 424. The van der Waals surface area contributed by atoms with Crippen molar-refractivity contribution in [2.75, 3.05) is 14.2 Å². The lowest BCUT2D eigenvalue weighted by Crippen LogP contribution is -2.52. The van der Waals surface area contributed by atoms with Crippen LogP contribution in [0.5, 0.6) is 0 Å². The number of rotatable bonds is 3. The molecule has 0 saturated heterocycles. The number of nitrogens with zero attached hydrogens (tertiary/aromatic N) is 1. The zero-order chi connectivity index (χ0) is 14.1. The average Bonchev–Trinajstić information content (AvgIpc) is 2.88. The molecule has 19 heavy (non-hydrogen) atoms. The van der Waals surface area contributed by atoms with Gasteiger partial charge in [-0.3, -0.25) is 0 Å². The summed E-state index contributed by atoms with van der Waals surface area (Å²) in [5.41, 5.74) is 1.20. The second-order valence-electron chi connectivity index (χ2n) is 6.48. The fourth-order valence-electron chi connectivity index (χ4n) is 2.92. The maximum Gasteiger partial charge on any atom is 0.116 e. The molecule has 0 amide bonds. The minimum atomic E-state index is -0.0961. The smallest absolute Gasteiger partial charge is 0.116 e. The van der Waals surface area contributed by atoms with E-state index >= 15 is 0 Å². The predicted molar refractivity (Wildman–Crippen MR) is 80.8 cm³/mol. The molecule has 1 aromatic rings. The Hall–Kier alpha value is -0.450. The van der Waals surface area contributed by atoms with Gasteiger partial charge in [0.15, 0.2) is 0 Å². The van der Waals surface area contributed by atoms with Crippen LogP contribution in [0.3, 0.4) is 0 Å². The normalized spacial score (nSPS) is 28.6. The maximum atomic E-state index is 5.75. The van der Waals surface area contributed by atoms with E-state index < -0.39 is 0 Å². The van der Waals surface area contributed by atoms with Crippen molar-refractivity contribution in [1.29, 1.82) is 0 Å². The fraction of sp³-hybridized carbons (Fsp3) is 0.800. The summed E-state index contributed by atoms with van der Waals surface area (Å²) in [4.78, 5) is 4.92. The van der Waals surface area contributed by atoms with Gasteiger partial charge in [-0.2, -0.15) is 0 Å². The van der Waals surface area contributed by atoms with E-state index in [9.17, 15) is 0 Å². The van der Waals surface area contributed by atoms with Crippen molar-refractivity contribution >= 4 is 11.3 Å². The molecule has 0 bridgehead atoms. The van der Waals surface area contributed by atoms with Gasteiger partial charge in [0.05, 0.1) is 17.3 Å². The zero-order valence-corrected chi connectivity index (χ0v) is 13.6. The second kappa shape index (κ2) is 5.51. The first-order valence-corrected chi connectivity index (χ1v) is 8.00. The lowest BCUT2D eigenvalue weighted by Gasteiger charge is -2.41. The van der Waals surface area contributed by atoms with Crippen molar-refractivity contribution in [2.24, 2.45) is 0 Å². The van der Waals surface area contributed by atoms with Gasteiger partial charge in [-0.05, 0) is 19.9 Å². The summed E-state index contributed by atoms with van der Waals surface area (Å²) >= 11 is 1.77. The summed E-state index contributed by atoms with van der Waals surface area (Å²) in [6, 6.07) is 0. The molecule has 108 valence electrons. The SMILES string of the molecule is CNC1(c2nc(C(C)(C)C)cs2)CCCCC1OC. The Morgan fingerprint density at radius 2 is 2.16 bits per heavy atom. The molecule has 4 heteroatoms. The number of nitrogens with one attached hydrogen (secondary N) is 1. The fourth-order valence-corrected chi connectivity index (χ4v) is 4.25. The Morgan fingerprint density at radius 3 is 2.68 bits per heavy atom. The molecule has 1 aromatic heterocycles. The Kier molecular flexibility index (Phi) is 4.33. The molecule has 1 heterocycles. The molecule has 0 radical (unpaired) electrons. The van der Waals surface area contributed by atoms with Gasteiger partial charge in [0.2, 0.25) is 0 Å². The molecule has 3 nitrogen and oxygen atoms in total. The minimum Gasteiger partial charge on any atom is -0.379 e. The largest absolute Gasteiger partial charge is 0.379 e. The highest BCUT2D eigenvalue weighted by molar-refractivity contribution is 7.09. The summed E-state index contributed by atoms with van der Waals surface area (Å²) in [5.74, 6) is 0. The van der Waals surface area contributed by atoms with Gasteiger partial charge >= 0.3 is 0 Å². The molecule has 2 unspecified atom stereocenters. The molecule has 2 rings (SSSR count). The number of methoxy groups -OCH3 is 1. The third kappa shape index (κ3) is 2.71. The predicted octanol–water partition coefficient (Wildman–Crippen LogP) is 3.44. The van der Waals surface area contributed by atoms with Crippen LogP contribution in [0.15, 0.2) is 5.38 Å². The van der Waals surface area contributed by atoms with Crippen LogP contribution in [-0.4, -0.2) is 25.2 Å². The number of thiazole rings is 1. The zero-order valence-electron chi connectivity index (χ0n) is 12.7. The van der Waals surface area contributed by atoms with Crippen LogP contribution >= 0.6 is 11.3 Å². The van der Waals surface area contributed by atoms with Crippen LogP contribution in [0.1, 0.15) is 57.2 Å². The quantitative estimate of drug-likeness (QED) is 0.922. The van der Waals surface area contributed by atoms with E-state index in [0.717, 1.165) is 12.8 Å². The van der Waals surface area contributed by atoms with Gasteiger partial charge in [-0.25, -0.2) is 4.98 Å². The van der Waals surface area contributed by atoms with Crippen molar-refractivity contribution in [3.8, 4) is 0 Å². The van der Waals surface area contributed by atoms with Crippen molar-refractivity contribution in [1.82, 2.24) is 10.3 Å². The van der Waals surface area contributed by atoms with E-state index in [0.29, 0.717) is 0 Å². The molecule has 0 spiro atoms. The first-order chi connectivity index (χ1) is 8.94. The number of hydrogen-bond donors (Lipinski definition) is 1. The molecule has 0 aliphatic heterocycles. The highest BCUT2D eigenvalue weighted by atomic mass is 32.1. The first-order valence-electron chi connectivity index (χ1n) is 7.12. The van der Waals surface area contributed by atoms with Crippen molar-refractivity contribution < 1.29 is 4.74 Å². The summed E-state index contributed by atoms with van der Waals surface area (Å²) in [5, 5.41) is 6.91. The number of aromatic nitrogens is 1. The molecule has 1 aliphatic rings. The van der Waals surface area contributed by atoms with Gasteiger partial charge in [-0.1, -0.05) is 33.6 Å². The second-order valence-corrected chi connectivity index (χ2v) is 7.34. The van der Waals surface area contributed by atoms with Crippen molar-refractivity contribution in [3.63, 3.8) is 0 Å². The van der Waals surface area contributed by atoms with Gasteiger partial charge in [0, 0.05) is 17.9 Å². The van der Waals surface area contributed by atoms with E-state index in [-0.39, 0.29) is 17.1 Å². The molecule has 1 aliphatic carbocycles. The maximum absolute atomic E-state index is 5.75. The van der Waals surface area contributed by atoms with Crippen molar-refractivity contribution in [2.45, 2.75) is 63.5 Å². The van der Waals surface area contributed by atoms with Crippen LogP contribution in [-0.2, 0) is 15.7 Å². The highest BCUT2D eigenvalue weighted by Crippen LogP contribution is 2.41. The van der Waals surface area contributed by atoms with Crippen LogP contribution in [0.4, 0.5) is 0 Å². The van der Waals surface area contributed by atoms with E-state index in [2.05, 4.69) is 31.5 Å². The number of ether oxygens (including phenoxy) is 1. The molecule has 2 atom stereocenters. The van der Waals surface area contributed by atoms with Crippen LogP contribution in [0.25, 0.3) is 0 Å². The Labute approximate surface area is 120 Å². The third-order valence-electron chi connectivity index (χ3n) is 4.22. The molecule has 1 fully saturated rings. The Balaban J connectivity index is 2.37. The summed E-state index contributed by atoms with van der Waals surface area (Å²) in [7, 11) is 3.86. The lowest BCUT2D eigenvalue weighted by molar-refractivity contribution is -0.0120. The summed E-state index contributed by atoms with van der Waals surface area (Å²) in [6.45, 7) is 6.64. The molecular weight excluding hydrogens is 256 g/mol. The van der Waals surface area contributed by atoms with Gasteiger partial charge in [0.1, 0.15) is 5.01 Å². The molecule has 0 aromatic carbocycles. The lowest BCUT2D eigenvalue weighted by atomic mass is 9.79. The summed E-state index contributed by atoms with van der Waals surface area (Å²) < 4.78 is 5.75. The molecular formula is C15H26N2OS. The van der Waals surface area contributed by atoms with Gasteiger partial charge in [0.25, 0.3) is 0 Å². The van der Waals surface area contributed by atoms with Crippen LogP contribution < -0.4 is 5.32 Å². The van der Waals surface area contributed by atoms with E-state index in [1.54, 1.807) is 11.3 Å². The third-order valence-corrected chi connectivity index (χ3v) is 5.24. The average molecular weight is 282 g/mol.